The van der Waals surface area contributed by atoms with Gasteiger partial charge in [0, 0.05) is 24.3 Å². The first-order chi connectivity index (χ1) is 13.2. The Morgan fingerprint density at radius 3 is 2.68 bits per heavy atom. The summed E-state index contributed by atoms with van der Waals surface area (Å²) in [5, 5.41) is 19.2. The van der Waals surface area contributed by atoms with Gasteiger partial charge in [0.05, 0.1) is 10.7 Å². The van der Waals surface area contributed by atoms with E-state index in [4.69, 9.17) is 5.11 Å². The molecule has 0 heterocycles. The number of unbranched alkanes of at least 4 members (excludes halogenated alkanes) is 1. The number of nitro groups is 1. The summed E-state index contributed by atoms with van der Waals surface area (Å²) in [6, 6.07) is 5.85. The smallest absolute Gasteiger partial charge is 0.303 e. The van der Waals surface area contributed by atoms with Crippen molar-refractivity contribution in [3.63, 3.8) is 0 Å². The molecule has 2 rings (SSSR count). The summed E-state index contributed by atoms with van der Waals surface area (Å²) in [7, 11) is -3.49. The highest BCUT2D eigenvalue weighted by Crippen LogP contribution is 2.24. The molecule has 1 aliphatic rings. The van der Waals surface area contributed by atoms with Gasteiger partial charge in [-0.25, -0.2) is 8.42 Å². The Balaban J connectivity index is 1.80. The second-order valence-electron chi connectivity index (χ2n) is 6.70. The van der Waals surface area contributed by atoms with Crippen molar-refractivity contribution in [2.45, 2.75) is 38.5 Å². The molecule has 0 saturated heterocycles. The molecule has 1 atom stereocenters. The molecule has 0 aliphatic heterocycles. The Bertz CT molecular complexity index is 859. The van der Waals surface area contributed by atoms with Gasteiger partial charge in [0.15, 0.2) is 0 Å². The molecule has 1 unspecified atom stereocenters. The van der Waals surface area contributed by atoms with Crippen LogP contribution in [0.5, 0.6) is 0 Å². The third-order valence-corrected chi connectivity index (χ3v) is 5.71. The zero-order valence-corrected chi connectivity index (χ0v) is 16.2. The number of rotatable bonds is 11. The fraction of sp³-hybridized carbons (Fsp3) is 0.421. The van der Waals surface area contributed by atoms with Crippen molar-refractivity contribution in [1.82, 2.24) is 4.72 Å². The maximum atomic E-state index is 12.3. The van der Waals surface area contributed by atoms with Crippen LogP contribution in [0.25, 0.3) is 0 Å². The molecule has 0 spiro atoms. The summed E-state index contributed by atoms with van der Waals surface area (Å²) in [6.07, 6.45) is 8.96. The Morgan fingerprint density at radius 1 is 1.32 bits per heavy atom. The SMILES string of the molecule is O=C(O)CCCC=CC1C=C(NS(=O)(=O)CCc2ccc([N+](=O)[O-])cc2)CC1. The Kier molecular flexibility index (Phi) is 7.74. The molecule has 9 heteroatoms. The molecule has 28 heavy (non-hydrogen) atoms. The summed E-state index contributed by atoms with van der Waals surface area (Å²) >= 11 is 0. The number of nitrogens with zero attached hydrogens (tertiary/aromatic N) is 1. The Hall–Kier alpha value is -2.68. The summed E-state index contributed by atoms with van der Waals surface area (Å²) < 4.78 is 27.2. The third kappa shape index (κ3) is 7.51. The average molecular weight is 408 g/mol. The van der Waals surface area contributed by atoms with Gasteiger partial charge in [0.25, 0.3) is 5.69 Å². The van der Waals surface area contributed by atoms with Crippen LogP contribution in [0.15, 0.2) is 48.2 Å². The van der Waals surface area contributed by atoms with Gasteiger partial charge in [0.2, 0.25) is 10.0 Å². The van der Waals surface area contributed by atoms with E-state index in [0.29, 0.717) is 25.0 Å². The molecule has 0 bridgehead atoms. The summed E-state index contributed by atoms with van der Waals surface area (Å²) in [6.45, 7) is 0. The second-order valence-corrected chi connectivity index (χ2v) is 8.54. The zero-order chi connectivity index (χ0) is 20.6. The van der Waals surface area contributed by atoms with E-state index < -0.39 is 20.9 Å². The largest absolute Gasteiger partial charge is 0.481 e. The molecule has 0 saturated carbocycles. The zero-order valence-electron chi connectivity index (χ0n) is 15.4. The number of hydrogen-bond acceptors (Lipinski definition) is 5. The van der Waals surface area contributed by atoms with Gasteiger partial charge in [0.1, 0.15) is 0 Å². The molecule has 1 aromatic carbocycles. The Morgan fingerprint density at radius 2 is 2.04 bits per heavy atom. The number of carbonyl (C=O) groups is 1. The van der Waals surface area contributed by atoms with E-state index in [9.17, 15) is 23.3 Å². The molecule has 0 aromatic heterocycles. The number of aliphatic carboxylic acids is 1. The van der Waals surface area contributed by atoms with Gasteiger partial charge in [-0.2, -0.15) is 0 Å². The first-order valence-corrected chi connectivity index (χ1v) is 10.7. The topological polar surface area (TPSA) is 127 Å². The number of aryl methyl sites for hydroxylation is 1. The normalized spacial score (nSPS) is 16.9. The van der Waals surface area contributed by atoms with Crippen molar-refractivity contribution in [3.05, 3.63) is 63.9 Å². The van der Waals surface area contributed by atoms with E-state index in [1.165, 1.54) is 12.1 Å². The number of sulfonamides is 1. The van der Waals surface area contributed by atoms with Crippen molar-refractivity contribution in [2.24, 2.45) is 5.92 Å². The van der Waals surface area contributed by atoms with E-state index >= 15 is 0 Å². The highest BCUT2D eigenvalue weighted by Gasteiger charge is 2.18. The number of non-ortho nitro benzene ring substituents is 1. The van der Waals surface area contributed by atoms with Gasteiger partial charge in [-0.15, -0.1) is 0 Å². The maximum absolute atomic E-state index is 12.3. The fourth-order valence-corrected chi connectivity index (χ4v) is 4.09. The summed E-state index contributed by atoms with van der Waals surface area (Å²) in [4.78, 5) is 20.6. The standard InChI is InChI=1S/C19H24N2O6S/c22-19(23)5-3-1-2-4-16-6-9-17(14-16)20-28(26,27)13-12-15-7-10-18(11-8-15)21(24)25/h2,4,7-8,10-11,14,16,20H,1,3,5-6,9,12-13H2,(H,22,23). The number of benzene rings is 1. The van der Waals surface area contributed by atoms with E-state index in [1.54, 1.807) is 12.1 Å². The van der Waals surface area contributed by atoms with Gasteiger partial charge in [-0.1, -0.05) is 30.4 Å². The lowest BCUT2D eigenvalue weighted by atomic mass is 10.1. The molecule has 8 nitrogen and oxygen atoms in total. The molecule has 0 amide bonds. The van der Waals surface area contributed by atoms with Crippen molar-refractivity contribution in [3.8, 4) is 0 Å². The van der Waals surface area contributed by atoms with Crippen molar-refractivity contribution in [1.29, 1.82) is 0 Å². The molecule has 1 aromatic rings. The third-order valence-electron chi connectivity index (χ3n) is 4.40. The first-order valence-electron chi connectivity index (χ1n) is 9.08. The van der Waals surface area contributed by atoms with Crippen LogP contribution >= 0.6 is 0 Å². The molecule has 1 aliphatic carbocycles. The van der Waals surface area contributed by atoms with Gasteiger partial charge in [-0.3, -0.25) is 19.6 Å². The number of carboxylic acid groups (broad SMARTS) is 1. The quantitative estimate of drug-likeness (QED) is 0.251. The molecule has 2 N–H and O–H groups in total. The first kappa shape index (κ1) is 21.6. The second kappa shape index (κ2) is 10.0. The van der Waals surface area contributed by atoms with Crippen LogP contribution in [0.1, 0.15) is 37.7 Å². The molecular formula is C19H24N2O6S. The predicted octanol–water partition coefficient (Wildman–Crippen LogP) is 3.16. The lowest BCUT2D eigenvalue weighted by molar-refractivity contribution is -0.384. The van der Waals surface area contributed by atoms with Crippen LogP contribution in [0.4, 0.5) is 5.69 Å². The number of carboxylic acids is 1. The van der Waals surface area contributed by atoms with Crippen molar-refractivity contribution >= 4 is 21.7 Å². The number of allylic oxidation sites excluding steroid dienone is 4. The van der Waals surface area contributed by atoms with E-state index in [1.807, 2.05) is 18.2 Å². The van der Waals surface area contributed by atoms with Crippen LogP contribution < -0.4 is 4.72 Å². The minimum absolute atomic E-state index is 0.0251. The monoisotopic (exact) mass is 408 g/mol. The minimum atomic E-state index is -3.49. The van der Waals surface area contributed by atoms with Crippen LogP contribution in [-0.2, 0) is 21.2 Å². The average Bonchev–Trinajstić information content (AvgIpc) is 3.06. The summed E-state index contributed by atoms with van der Waals surface area (Å²) in [5.74, 6) is -0.755. The van der Waals surface area contributed by atoms with Gasteiger partial charge >= 0.3 is 5.97 Å². The van der Waals surface area contributed by atoms with Crippen LogP contribution in [0.3, 0.4) is 0 Å². The number of nitrogens with one attached hydrogen (secondary N) is 1. The molecule has 0 radical (unpaired) electrons. The van der Waals surface area contributed by atoms with E-state index in [2.05, 4.69) is 4.72 Å². The number of nitro benzene ring substituents is 1. The predicted molar refractivity (Wildman–Crippen MR) is 105 cm³/mol. The van der Waals surface area contributed by atoms with E-state index in [0.717, 1.165) is 12.0 Å². The Labute approximate surface area is 164 Å². The van der Waals surface area contributed by atoms with Gasteiger partial charge in [-0.05, 0) is 43.6 Å². The van der Waals surface area contributed by atoms with Crippen LogP contribution in [0, 0.1) is 16.0 Å². The van der Waals surface area contributed by atoms with Crippen LogP contribution in [0.2, 0.25) is 0 Å². The minimum Gasteiger partial charge on any atom is -0.481 e. The summed E-state index contributed by atoms with van der Waals surface area (Å²) in [5.41, 5.74) is 1.37. The molecule has 0 fully saturated rings. The van der Waals surface area contributed by atoms with E-state index in [-0.39, 0.29) is 30.2 Å². The lowest BCUT2D eigenvalue weighted by Crippen LogP contribution is -2.26. The highest BCUT2D eigenvalue weighted by molar-refractivity contribution is 7.89. The highest BCUT2D eigenvalue weighted by atomic mass is 32.2. The van der Waals surface area contributed by atoms with Gasteiger partial charge < -0.3 is 5.11 Å². The van der Waals surface area contributed by atoms with Crippen LogP contribution in [-0.4, -0.2) is 30.2 Å². The molecule has 152 valence electrons. The van der Waals surface area contributed by atoms with Crippen molar-refractivity contribution in [2.75, 3.05) is 5.75 Å². The number of hydrogen-bond donors (Lipinski definition) is 2. The lowest BCUT2D eigenvalue weighted by Gasteiger charge is -2.08. The molecular weight excluding hydrogens is 384 g/mol. The van der Waals surface area contributed by atoms with Crippen molar-refractivity contribution < 1.29 is 23.2 Å². The maximum Gasteiger partial charge on any atom is 0.303 e. The fourth-order valence-electron chi connectivity index (χ4n) is 2.91.